The number of hydrogen-bond acceptors (Lipinski definition) is 2. The average Bonchev–Trinajstić information content (AvgIpc) is 2.76. The molecule has 1 unspecified atom stereocenters. The van der Waals surface area contributed by atoms with Crippen molar-refractivity contribution in [3.63, 3.8) is 0 Å². The minimum Gasteiger partial charge on any atom is -0.352 e. The Bertz CT molecular complexity index is 817. The summed E-state index contributed by atoms with van der Waals surface area (Å²) in [5.41, 5.74) is 1.72. The van der Waals surface area contributed by atoms with E-state index in [0.29, 0.717) is 6.42 Å². The predicted molar refractivity (Wildman–Crippen MR) is 116 cm³/mol. The first-order chi connectivity index (χ1) is 14.6. The fraction of sp³-hybridized carbons (Fsp3) is 0.440. The monoisotopic (exact) mass is 410 g/mol. The zero-order chi connectivity index (χ0) is 21.3. The van der Waals surface area contributed by atoms with Crippen molar-refractivity contribution >= 4 is 11.8 Å². The fourth-order valence-electron chi connectivity index (χ4n) is 4.12. The fourth-order valence-corrected chi connectivity index (χ4v) is 4.12. The number of nitrogens with one attached hydrogen (secondary N) is 1. The molecule has 1 atom stereocenters. The number of carbonyl (C=O) groups is 2. The quantitative estimate of drug-likeness (QED) is 0.690. The highest BCUT2D eigenvalue weighted by atomic mass is 19.1. The van der Waals surface area contributed by atoms with E-state index in [1.807, 2.05) is 37.3 Å². The second kappa shape index (κ2) is 10.9. The molecule has 0 saturated heterocycles. The van der Waals surface area contributed by atoms with Gasteiger partial charge >= 0.3 is 0 Å². The molecule has 0 aromatic heterocycles. The highest BCUT2D eigenvalue weighted by Crippen LogP contribution is 2.19. The normalized spacial score (nSPS) is 15.4. The third-order valence-corrected chi connectivity index (χ3v) is 5.80. The zero-order valence-corrected chi connectivity index (χ0v) is 17.6. The van der Waals surface area contributed by atoms with Gasteiger partial charge in [-0.2, -0.15) is 0 Å². The Labute approximate surface area is 178 Å². The first kappa shape index (κ1) is 22.0. The molecule has 2 amide bonds. The van der Waals surface area contributed by atoms with Crippen LogP contribution in [0.2, 0.25) is 0 Å². The van der Waals surface area contributed by atoms with E-state index in [2.05, 4.69) is 5.32 Å². The summed E-state index contributed by atoms with van der Waals surface area (Å²) in [6.45, 7) is 2.21. The van der Waals surface area contributed by atoms with Crippen molar-refractivity contribution in [1.29, 1.82) is 0 Å². The van der Waals surface area contributed by atoms with Gasteiger partial charge in [0, 0.05) is 12.6 Å². The van der Waals surface area contributed by atoms with Gasteiger partial charge in [-0.15, -0.1) is 0 Å². The van der Waals surface area contributed by atoms with E-state index < -0.39 is 6.04 Å². The predicted octanol–water partition coefficient (Wildman–Crippen LogP) is 4.62. The Morgan fingerprint density at radius 2 is 1.67 bits per heavy atom. The standard InChI is InChI=1S/C25H31FN2O2/c1-2-23(25(30)27-22-11-7-4-8-12-22)28(18-20-13-15-21(26)16-14-20)24(29)17-19-9-5-3-6-10-19/h3,5-6,9-10,13-16,22-23H,2,4,7-8,11-12,17-18H2,1H3,(H,27,30). The average molecular weight is 411 g/mol. The number of nitrogens with zero attached hydrogens (tertiary/aromatic N) is 1. The van der Waals surface area contributed by atoms with Gasteiger partial charge < -0.3 is 10.2 Å². The Kier molecular flexibility index (Phi) is 8.00. The van der Waals surface area contributed by atoms with Crippen LogP contribution < -0.4 is 5.32 Å². The Morgan fingerprint density at radius 3 is 2.30 bits per heavy atom. The summed E-state index contributed by atoms with van der Waals surface area (Å²) >= 11 is 0. The molecule has 0 spiro atoms. The van der Waals surface area contributed by atoms with Crippen LogP contribution in [0, 0.1) is 5.82 Å². The summed E-state index contributed by atoms with van der Waals surface area (Å²) in [6.07, 6.45) is 6.24. The summed E-state index contributed by atoms with van der Waals surface area (Å²) in [5.74, 6) is -0.507. The second-order valence-corrected chi connectivity index (χ2v) is 8.08. The van der Waals surface area contributed by atoms with E-state index >= 15 is 0 Å². The number of carbonyl (C=O) groups excluding carboxylic acids is 2. The summed E-state index contributed by atoms with van der Waals surface area (Å²) < 4.78 is 13.3. The lowest BCUT2D eigenvalue weighted by molar-refractivity contribution is -0.141. The number of benzene rings is 2. The lowest BCUT2D eigenvalue weighted by Gasteiger charge is -2.33. The maximum Gasteiger partial charge on any atom is 0.243 e. The van der Waals surface area contributed by atoms with Crippen molar-refractivity contribution in [3.05, 3.63) is 71.5 Å². The van der Waals surface area contributed by atoms with E-state index in [1.165, 1.54) is 18.6 Å². The summed E-state index contributed by atoms with van der Waals surface area (Å²) in [7, 11) is 0. The van der Waals surface area contributed by atoms with Crippen molar-refractivity contribution in [2.75, 3.05) is 0 Å². The Morgan fingerprint density at radius 1 is 1.00 bits per heavy atom. The number of hydrogen-bond donors (Lipinski definition) is 1. The first-order valence-corrected chi connectivity index (χ1v) is 10.9. The molecule has 1 fully saturated rings. The SMILES string of the molecule is CCC(C(=O)NC1CCCCC1)N(Cc1ccc(F)cc1)C(=O)Cc1ccccc1. The van der Waals surface area contributed by atoms with Gasteiger partial charge in [0.25, 0.3) is 0 Å². The van der Waals surface area contributed by atoms with E-state index in [-0.39, 0.29) is 36.6 Å². The summed E-state index contributed by atoms with van der Waals surface area (Å²) in [6, 6.07) is 15.3. The van der Waals surface area contributed by atoms with Crippen molar-refractivity contribution < 1.29 is 14.0 Å². The van der Waals surface area contributed by atoms with E-state index in [9.17, 15) is 14.0 Å². The maximum atomic E-state index is 13.3. The van der Waals surface area contributed by atoms with Crippen molar-refractivity contribution in [2.45, 2.75) is 70.5 Å². The van der Waals surface area contributed by atoms with Gasteiger partial charge in [-0.25, -0.2) is 4.39 Å². The van der Waals surface area contributed by atoms with Crippen molar-refractivity contribution in [2.24, 2.45) is 0 Å². The molecule has 30 heavy (non-hydrogen) atoms. The van der Waals surface area contributed by atoms with Crippen LogP contribution in [-0.4, -0.2) is 28.8 Å². The highest BCUT2D eigenvalue weighted by molar-refractivity contribution is 5.88. The van der Waals surface area contributed by atoms with Gasteiger partial charge in [-0.3, -0.25) is 9.59 Å². The van der Waals surface area contributed by atoms with Crippen LogP contribution in [0.5, 0.6) is 0 Å². The van der Waals surface area contributed by atoms with Crippen LogP contribution in [0.25, 0.3) is 0 Å². The van der Waals surface area contributed by atoms with Crippen LogP contribution in [0.4, 0.5) is 4.39 Å². The topological polar surface area (TPSA) is 49.4 Å². The first-order valence-electron chi connectivity index (χ1n) is 10.9. The van der Waals surface area contributed by atoms with Crippen molar-refractivity contribution in [1.82, 2.24) is 10.2 Å². The summed E-state index contributed by atoms with van der Waals surface area (Å²) in [4.78, 5) is 28.0. The lowest BCUT2D eigenvalue weighted by atomic mass is 9.95. The van der Waals surface area contributed by atoms with Crippen LogP contribution in [-0.2, 0) is 22.6 Å². The lowest BCUT2D eigenvalue weighted by Crippen LogP contribution is -2.51. The maximum absolute atomic E-state index is 13.3. The van der Waals surface area contributed by atoms with Crippen LogP contribution in [0.3, 0.4) is 0 Å². The molecular weight excluding hydrogens is 379 g/mol. The molecule has 0 heterocycles. The third kappa shape index (κ3) is 6.15. The Balaban J connectivity index is 1.78. The third-order valence-electron chi connectivity index (χ3n) is 5.80. The van der Waals surface area contributed by atoms with Crippen LogP contribution >= 0.6 is 0 Å². The van der Waals surface area contributed by atoms with E-state index in [4.69, 9.17) is 0 Å². The molecule has 2 aromatic carbocycles. The van der Waals surface area contributed by atoms with Gasteiger partial charge in [-0.05, 0) is 42.5 Å². The molecular formula is C25H31FN2O2. The largest absolute Gasteiger partial charge is 0.352 e. The Hall–Kier alpha value is -2.69. The molecule has 3 rings (SSSR count). The molecule has 0 bridgehead atoms. The molecule has 4 nitrogen and oxygen atoms in total. The summed E-state index contributed by atoms with van der Waals surface area (Å²) in [5, 5.41) is 3.17. The van der Waals surface area contributed by atoms with Gasteiger partial charge in [-0.1, -0.05) is 68.7 Å². The molecule has 0 aliphatic heterocycles. The number of halogens is 1. The molecule has 160 valence electrons. The molecule has 5 heteroatoms. The minimum atomic E-state index is -0.548. The molecule has 1 aliphatic rings. The minimum absolute atomic E-state index is 0.0899. The highest BCUT2D eigenvalue weighted by Gasteiger charge is 2.30. The molecule has 1 aliphatic carbocycles. The van der Waals surface area contributed by atoms with E-state index in [0.717, 1.165) is 36.8 Å². The van der Waals surface area contributed by atoms with Crippen LogP contribution in [0.15, 0.2) is 54.6 Å². The molecule has 1 N–H and O–H groups in total. The van der Waals surface area contributed by atoms with Crippen LogP contribution in [0.1, 0.15) is 56.6 Å². The molecule has 0 radical (unpaired) electrons. The van der Waals surface area contributed by atoms with Gasteiger partial charge in [0.1, 0.15) is 11.9 Å². The second-order valence-electron chi connectivity index (χ2n) is 8.08. The zero-order valence-electron chi connectivity index (χ0n) is 17.6. The van der Waals surface area contributed by atoms with Crippen molar-refractivity contribution in [3.8, 4) is 0 Å². The van der Waals surface area contributed by atoms with Gasteiger partial charge in [0.05, 0.1) is 6.42 Å². The molecule has 2 aromatic rings. The number of rotatable bonds is 8. The van der Waals surface area contributed by atoms with E-state index in [1.54, 1.807) is 17.0 Å². The van der Waals surface area contributed by atoms with Gasteiger partial charge in [0.15, 0.2) is 0 Å². The van der Waals surface area contributed by atoms with Gasteiger partial charge in [0.2, 0.25) is 11.8 Å². The smallest absolute Gasteiger partial charge is 0.243 e. The number of amides is 2. The molecule has 1 saturated carbocycles.